The number of carbonyl (C=O) groups excluding carboxylic acids is 1. The number of carbonyl (C=O) groups is 1. The number of ether oxygens (including phenoxy) is 1. The molecule has 1 aromatic heterocycles. The fraction of sp³-hybridized carbons (Fsp3) is 0.643. The van der Waals surface area contributed by atoms with E-state index in [2.05, 4.69) is 18.7 Å². The van der Waals surface area contributed by atoms with Gasteiger partial charge in [-0.25, -0.2) is 0 Å². The number of thiophene rings is 1. The molecule has 0 radical (unpaired) electrons. The third-order valence-corrected chi connectivity index (χ3v) is 5.00. The van der Waals surface area contributed by atoms with Gasteiger partial charge in [-0.15, -0.1) is 11.3 Å². The second kappa shape index (κ2) is 5.52. The lowest BCUT2D eigenvalue weighted by molar-refractivity contribution is 0.100. The molecule has 4 N–H and O–H groups in total. The van der Waals surface area contributed by atoms with E-state index in [1.165, 1.54) is 11.3 Å². The molecule has 0 spiro atoms. The molecule has 1 saturated heterocycles. The van der Waals surface area contributed by atoms with E-state index < -0.39 is 5.91 Å². The molecule has 5 nitrogen and oxygen atoms in total. The minimum atomic E-state index is -0.493. The number of rotatable bonds is 4. The SMILES string of the molecule is CC(C)Oc1c(N2CC(C)C(C)C2)sc(C(N)=O)c1N. The van der Waals surface area contributed by atoms with Gasteiger partial charge >= 0.3 is 0 Å². The van der Waals surface area contributed by atoms with Crippen LogP contribution in [0.2, 0.25) is 0 Å². The summed E-state index contributed by atoms with van der Waals surface area (Å²) in [5, 5.41) is 0.932. The average molecular weight is 297 g/mol. The van der Waals surface area contributed by atoms with Gasteiger partial charge in [0.05, 0.1) is 6.10 Å². The maximum atomic E-state index is 11.5. The summed E-state index contributed by atoms with van der Waals surface area (Å²) in [6.07, 6.45) is 0.00354. The maximum Gasteiger partial charge on any atom is 0.261 e. The van der Waals surface area contributed by atoms with Crippen LogP contribution in [-0.4, -0.2) is 25.1 Å². The summed E-state index contributed by atoms with van der Waals surface area (Å²) in [5.41, 5.74) is 11.8. The Morgan fingerprint density at radius 2 is 1.90 bits per heavy atom. The molecule has 2 atom stereocenters. The lowest BCUT2D eigenvalue weighted by Gasteiger charge is -2.19. The van der Waals surface area contributed by atoms with Crippen molar-refractivity contribution in [1.82, 2.24) is 0 Å². The van der Waals surface area contributed by atoms with Crippen LogP contribution in [0.1, 0.15) is 37.4 Å². The van der Waals surface area contributed by atoms with Crippen molar-refractivity contribution in [2.24, 2.45) is 17.6 Å². The molecule has 20 heavy (non-hydrogen) atoms. The van der Waals surface area contributed by atoms with E-state index in [1.54, 1.807) is 0 Å². The molecule has 0 saturated carbocycles. The van der Waals surface area contributed by atoms with Gasteiger partial charge in [-0.1, -0.05) is 13.8 Å². The molecule has 2 rings (SSSR count). The highest BCUT2D eigenvalue weighted by molar-refractivity contribution is 7.19. The summed E-state index contributed by atoms with van der Waals surface area (Å²) in [6.45, 7) is 10.3. The first-order valence-corrected chi connectivity index (χ1v) is 7.76. The Morgan fingerprint density at radius 3 is 2.35 bits per heavy atom. The van der Waals surface area contributed by atoms with Crippen LogP contribution in [0.5, 0.6) is 5.75 Å². The highest BCUT2D eigenvalue weighted by Crippen LogP contribution is 2.47. The van der Waals surface area contributed by atoms with Crippen LogP contribution in [0.15, 0.2) is 0 Å². The largest absolute Gasteiger partial charge is 0.486 e. The van der Waals surface area contributed by atoms with Gasteiger partial charge in [-0.2, -0.15) is 0 Å². The van der Waals surface area contributed by atoms with E-state index in [-0.39, 0.29) is 6.10 Å². The number of nitrogens with zero attached hydrogens (tertiary/aromatic N) is 1. The summed E-state index contributed by atoms with van der Waals surface area (Å²) in [6, 6.07) is 0. The molecule has 1 aliphatic heterocycles. The van der Waals surface area contributed by atoms with Gasteiger partial charge in [-0.05, 0) is 25.7 Å². The molecular weight excluding hydrogens is 274 g/mol. The Kier molecular flexibility index (Phi) is 4.13. The first kappa shape index (κ1) is 15.0. The molecule has 0 aromatic carbocycles. The number of hydrogen-bond acceptors (Lipinski definition) is 5. The van der Waals surface area contributed by atoms with Gasteiger partial charge in [0.2, 0.25) is 0 Å². The predicted molar refractivity (Wildman–Crippen MR) is 83.6 cm³/mol. The zero-order valence-corrected chi connectivity index (χ0v) is 13.3. The molecule has 2 unspecified atom stereocenters. The first-order valence-electron chi connectivity index (χ1n) is 6.94. The van der Waals surface area contributed by atoms with Crippen molar-refractivity contribution in [3.8, 4) is 5.75 Å². The molecule has 1 aromatic rings. The summed E-state index contributed by atoms with van der Waals surface area (Å²) < 4.78 is 5.83. The van der Waals surface area contributed by atoms with Gasteiger partial charge in [0.25, 0.3) is 5.91 Å². The van der Waals surface area contributed by atoms with Crippen LogP contribution in [0, 0.1) is 11.8 Å². The normalized spacial score (nSPS) is 22.6. The lowest BCUT2D eigenvalue weighted by Crippen LogP contribution is -2.20. The molecular formula is C14H23N3O2S. The van der Waals surface area contributed by atoms with E-state index in [9.17, 15) is 4.79 Å². The topological polar surface area (TPSA) is 81.6 Å². The highest BCUT2D eigenvalue weighted by atomic mass is 32.1. The number of hydrogen-bond donors (Lipinski definition) is 2. The minimum absolute atomic E-state index is 0.00354. The standard InChI is InChI=1S/C14H23N3O2S/c1-7(2)19-11-10(15)12(13(16)18)20-14(11)17-5-8(3)9(4)6-17/h7-9H,5-6,15H2,1-4H3,(H2,16,18). The number of anilines is 2. The van der Waals surface area contributed by atoms with Gasteiger partial charge < -0.3 is 21.1 Å². The molecule has 2 heterocycles. The maximum absolute atomic E-state index is 11.5. The average Bonchev–Trinajstić information content (AvgIpc) is 2.82. The molecule has 6 heteroatoms. The number of amides is 1. The van der Waals surface area contributed by atoms with Crippen LogP contribution < -0.4 is 21.1 Å². The lowest BCUT2D eigenvalue weighted by atomic mass is 10.0. The molecule has 1 amide bonds. The second-order valence-electron chi connectivity index (χ2n) is 5.87. The predicted octanol–water partition coefficient (Wildman–Crippen LogP) is 2.31. The molecule has 1 aliphatic rings. The summed E-state index contributed by atoms with van der Waals surface area (Å²) >= 11 is 1.34. The second-order valence-corrected chi connectivity index (χ2v) is 6.87. The summed E-state index contributed by atoms with van der Waals surface area (Å²) in [5.74, 6) is 1.34. The fourth-order valence-electron chi connectivity index (χ4n) is 2.45. The Labute approximate surface area is 123 Å². The van der Waals surface area contributed by atoms with Crippen LogP contribution in [0.3, 0.4) is 0 Å². The van der Waals surface area contributed by atoms with Crippen molar-refractivity contribution < 1.29 is 9.53 Å². The summed E-state index contributed by atoms with van der Waals surface area (Å²) in [7, 11) is 0. The van der Waals surface area contributed by atoms with E-state index in [4.69, 9.17) is 16.2 Å². The van der Waals surface area contributed by atoms with Crippen molar-refractivity contribution in [2.75, 3.05) is 23.7 Å². The van der Waals surface area contributed by atoms with E-state index in [0.717, 1.165) is 18.1 Å². The van der Waals surface area contributed by atoms with Gasteiger partial charge in [0, 0.05) is 13.1 Å². The van der Waals surface area contributed by atoms with E-state index >= 15 is 0 Å². The van der Waals surface area contributed by atoms with Gasteiger partial charge in [0.15, 0.2) is 5.75 Å². The van der Waals surface area contributed by atoms with Crippen molar-refractivity contribution in [3.63, 3.8) is 0 Å². The molecule has 112 valence electrons. The first-order chi connectivity index (χ1) is 9.31. The Bertz CT molecular complexity index is 503. The molecule has 0 aliphatic carbocycles. The van der Waals surface area contributed by atoms with E-state index in [1.807, 2.05) is 13.8 Å². The fourth-order valence-corrected chi connectivity index (χ4v) is 3.48. The van der Waals surface area contributed by atoms with Gasteiger partial charge in [-0.3, -0.25) is 4.79 Å². The molecule has 1 fully saturated rings. The zero-order valence-electron chi connectivity index (χ0n) is 12.5. The number of nitrogens with two attached hydrogens (primary N) is 2. The monoisotopic (exact) mass is 297 g/mol. The zero-order chi connectivity index (χ0) is 15.0. The smallest absolute Gasteiger partial charge is 0.261 e. The Morgan fingerprint density at radius 1 is 1.35 bits per heavy atom. The minimum Gasteiger partial charge on any atom is -0.486 e. The van der Waals surface area contributed by atoms with Crippen molar-refractivity contribution in [1.29, 1.82) is 0 Å². The van der Waals surface area contributed by atoms with Crippen molar-refractivity contribution >= 4 is 27.9 Å². The van der Waals surface area contributed by atoms with Crippen molar-refractivity contribution in [2.45, 2.75) is 33.8 Å². The Balaban J connectivity index is 2.40. The number of nitrogen functional groups attached to an aromatic ring is 1. The van der Waals surface area contributed by atoms with Gasteiger partial charge in [0.1, 0.15) is 15.6 Å². The van der Waals surface area contributed by atoms with Crippen molar-refractivity contribution in [3.05, 3.63) is 4.88 Å². The third-order valence-electron chi connectivity index (χ3n) is 3.73. The summed E-state index contributed by atoms with van der Waals surface area (Å²) in [4.78, 5) is 14.1. The van der Waals surface area contributed by atoms with Crippen LogP contribution in [0.25, 0.3) is 0 Å². The molecule has 0 bridgehead atoms. The quantitative estimate of drug-likeness (QED) is 0.893. The van der Waals surface area contributed by atoms with Crippen LogP contribution >= 0.6 is 11.3 Å². The van der Waals surface area contributed by atoms with E-state index in [0.29, 0.717) is 28.1 Å². The van der Waals surface area contributed by atoms with Crippen LogP contribution in [-0.2, 0) is 0 Å². The Hall–Kier alpha value is -1.43. The third kappa shape index (κ3) is 2.70. The number of primary amides is 1. The van der Waals surface area contributed by atoms with Crippen LogP contribution in [0.4, 0.5) is 10.7 Å². The highest BCUT2D eigenvalue weighted by Gasteiger charge is 2.32.